The molecule has 0 amide bonds. The Balaban J connectivity index is 2.58. The largest absolute Gasteiger partial charge is 0.387 e. The molecule has 14 heavy (non-hydrogen) atoms. The molecule has 0 aliphatic carbocycles. The van der Waals surface area contributed by atoms with Crippen molar-refractivity contribution in [2.75, 3.05) is 19.3 Å². The van der Waals surface area contributed by atoms with Crippen LogP contribution in [0.2, 0.25) is 0 Å². The lowest BCUT2D eigenvalue weighted by Gasteiger charge is -2.11. The Labute approximate surface area is 85.0 Å². The van der Waals surface area contributed by atoms with Crippen molar-refractivity contribution in [1.82, 2.24) is 4.31 Å². The summed E-state index contributed by atoms with van der Waals surface area (Å²) in [5, 5.41) is 0. The molecule has 0 bridgehead atoms. The van der Waals surface area contributed by atoms with Crippen LogP contribution in [0.25, 0.3) is 0 Å². The first-order chi connectivity index (χ1) is 6.43. The summed E-state index contributed by atoms with van der Waals surface area (Å²) in [5.74, 6) is 0.602. The smallest absolute Gasteiger partial charge is 0.211 e. The van der Waals surface area contributed by atoms with Crippen LogP contribution in [0.4, 0.5) is 0 Å². The minimum absolute atomic E-state index is 0.0460. The molecule has 1 unspecified atom stereocenters. The molecular formula is C8H17N3O2S. The molecule has 1 rings (SSSR count). The van der Waals surface area contributed by atoms with E-state index in [0.29, 0.717) is 18.9 Å². The van der Waals surface area contributed by atoms with Crippen LogP contribution < -0.4 is 5.73 Å². The second kappa shape index (κ2) is 4.27. The molecule has 0 aromatic heterocycles. The van der Waals surface area contributed by atoms with Gasteiger partial charge in [0.1, 0.15) is 0 Å². The number of hydrogen-bond donors (Lipinski definition) is 1. The van der Waals surface area contributed by atoms with E-state index in [4.69, 9.17) is 5.73 Å². The second-order valence-electron chi connectivity index (χ2n) is 3.54. The number of rotatable bonds is 3. The van der Waals surface area contributed by atoms with Gasteiger partial charge >= 0.3 is 0 Å². The zero-order valence-corrected chi connectivity index (χ0v) is 9.42. The van der Waals surface area contributed by atoms with Gasteiger partial charge in [0.2, 0.25) is 10.0 Å². The monoisotopic (exact) mass is 219 g/mol. The number of hydrogen-bond acceptors (Lipinski definition) is 3. The minimum atomic E-state index is -3.05. The summed E-state index contributed by atoms with van der Waals surface area (Å²) in [7, 11) is -3.05. The van der Waals surface area contributed by atoms with E-state index < -0.39 is 10.0 Å². The summed E-state index contributed by atoms with van der Waals surface area (Å²) in [4.78, 5) is 4.25. The van der Waals surface area contributed by atoms with Gasteiger partial charge in [0.25, 0.3) is 0 Å². The lowest BCUT2D eigenvalue weighted by Crippen LogP contribution is -2.28. The Morgan fingerprint density at radius 2 is 2.29 bits per heavy atom. The molecule has 1 aliphatic heterocycles. The van der Waals surface area contributed by atoms with E-state index in [0.717, 1.165) is 12.8 Å². The molecule has 1 heterocycles. The van der Waals surface area contributed by atoms with Crippen molar-refractivity contribution in [2.45, 2.75) is 25.8 Å². The molecule has 0 saturated carbocycles. The highest BCUT2D eigenvalue weighted by Crippen LogP contribution is 2.15. The molecule has 6 heteroatoms. The molecule has 1 atom stereocenters. The van der Waals surface area contributed by atoms with Crippen molar-refractivity contribution >= 4 is 15.9 Å². The first-order valence-corrected chi connectivity index (χ1v) is 6.55. The summed E-state index contributed by atoms with van der Waals surface area (Å²) in [6.45, 7) is 2.96. The van der Waals surface area contributed by atoms with Crippen LogP contribution in [0.1, 0.15) is 19.8 Å². The second-order valence-corrected chi connectivity index (χ2v) is 5.52. The fraction of sp³-hybridized carbons (Fsp3) is 0.875. The molecule has 0 radical (unpaired) electrons. The highest BCUT2D eigenvalue weighted by Gasteiger charge is 2.28. The number of nitrogens with zero attached hydrogens (tertiary/aromatic N) is 2. The number of amidine groups is 1. The van der Waals surface area contributed by atoms with Crippen LogP contribution in [-0.4, -0.2) is 43.9 Å². The molecule has 5 nitrogen and oxygen atoms in total. The van der Waals surface area contributed by atoms with Crippen LogP contribution in [0.3, 0.4) is 0 Å². The van der Waals surface area contributed by atoms with E-state index in [2.05, 4.69) is 4.99 Å². The lowest BCUT2D eigenvalue weighted by molar-refractivity contribution is 0.478. The molecule has 0 aromatic rings. The van der Waals surface area contributed by atoms with E-state index >= 15 is 0 Å². The molecule has 1 aliphatic rings. The topological polar surface area (TPSA) is 75.8 Å². The van der Waals surface area contributed by atoms with E-state index in [9.17, 15) is 8.42 Å². The van der Waals surface area contributed by atoms with Crippen molar-refractivity contribution in [3.05, 3.63) is 0 Å². The summed E-state index contributed by atoms with van der Waals surface area (Å²) >= 11 is 0. The summed E-state index contributed by atoms with van der Waals surface area (Å²) in [6, 6.07) is 0.0460. The van der Waals surface area contributed by atoms with Crippen LogP contribution in [0.5, 0.6) is 0 Å². The van der Waals surface area contributed by atoms with Gasteiger partial charge in [-0.15, -0.1) is 0 Å². The Morgan fingerprint density at radius 1 is 1.64 bits per heavy atom. The maximum Gasteiger partial charge on any atom is 0.211 e. The predicted octanol–water partition coefficient (Wildman–Crippen LogP) is -0.212. The first-order valence-electron chi connectivity index (χ1n) is 4.70. The first kappa shape index (κ1) is 11.5. The van der Waals surface area contributed by atoms with Gasteiger partial charge < -0.3 is 5.73 Å². The van der Waals surface area contributed by atoms with Gasteiger partial charge in [-0.25, -0.2) is 8.42 Å². The molecule has 0 spiro atoms. The van der Waals surface area contributed by atoms with E-state index in [1.54, 1.807) is 0 Å². The van der Waals surface area contributed by atoms with Gasteiger partial charge in [-0.05, 0) is 6.42 Å². The van der Waals surface area contributed by atoms with Gasteiger partial charge in [0.05, 0.1) is 18.1 Å². The standard InChI is InChI=1S/C8H17N3O2S/c1-3-8(9)10-7-4-5-11(6-7)14(2,12)13/h7H,3-6H2,1-2H3,(H2,9,10). The van der Waals surface area contributed by atoms with E-state index in [-0.39, 0.29) is 6.04 Å². The van der Waals surface area contributed by atoms with Gasteiger partial charge in [0.15, 0.2) is 0 Å². The highest BCUT2D eigenvalue weighted by molar-refractivity contribution is 7.88. The van der Waals surface area contributed by atoms with Crippen molar-refractivity contribution in [2.24, 2.45) is 10.7 Å². The minimum Gasteiger partial charge on any atom is -0.387 e. The van der Waals surface area contributed by atoms with E-state index in [1.165, 1.54) is 10.6 Å². The third-order valence-corrected chi connectivity index (χ3v) is 3.58. The summed E-state index contributed by atoms with van der Waals surface area (Å²) in [6.07, 6.45) is 2.71. The average molecular weight is 219 g/mol. The highest BCUT2D eigenvalue weighted by atomic mass is 32.2. The Bertz CT molecular complexity index is 323. The Kier molecular flexibility index (Phi) is 3.49. The molecule has 0 aromatic carbocycles. The number of aliphatic imine (C=N–C) groups is 1. The fourth-order valence-corrected chi connectivity index (χ4v) is 2.32. The van der Waals surface area contributed by atoms with Gasteiger partial charge in [-0.1, -0.05) is 6.92 Å². The predicted molar refractivity (Wildman–Crippen MR) is 56.7 cm³/mol. The van der Waals surface area contributed by atoms with Crippen molar-refractivity contribution < 1.29 is 8.42 Å². The van der Waals surface area contributed by atoms with Gasteiger partial charge in [0, 0.05) is 19.5 Å². The molecule has 2 N–H and O–H groups in total. The fourth-order valence-electron chi connectivity index (χ4n) is 1.44. The molecular weight excluding hydrogens is 202 g/mol. The average Bonchev–Trinajstić information content (AvgIpc) is 2.51. The third-order valence-electron chi connectivity index (χ3n) is 2.31. The number of nitrogens with two attached hydrogens (primary N) is 1. The number of sulfonamides is 1. The van der Waals surface area contributed by atoms with Crippen molar-refractivity contribution in [3.8, 4) is 0 Å². The third kappa shape index (κ3) is 2.95. The van der Waals surface area contributed by atoms with Crippen LogP contribution in [0.15, 0.2) is 4.99 Å². The van der Waals surface area contributed by atoms with Crippen LogP contribution in [-0.2, 0) is 10.0 Å². The van der Waals surface area contributed by atoms with Crippen molar-refractivity contribution in [3.63, 3.8) is 0 Å². The SMILES string of the molecule is CCC(N)=NC1CCN(S(C)(=O)=O)C1. The molecule has 1 fully saturated rings. The van der Waals surface area contributed by atoms with Crippen molar-refractivity contribution in [1.29, 1.82) is 0 Å². The Hall–Kier alpha value is -0.620. The normalized spacial score (nSPS) is 25.6. The van der Waals surface area contributed by atoms with Gasteiger partial charge in [-0.2, -0.15) is 4.31 Å². The van der Waals surface area contributed by atoms with Crippen LogP contribution >= 0.6 is 0 Å². The van der Waals surface area contributed by atoms with E-state index in [1.807, 2.05) is 6.92 Å². The van der Waals surface area contributed by atoms with Crippen LogP contribution in [0, 0.1) is 0 Å². The molecule has 82 valence electrons. The lowest BCUT2D eigenvalue weighted by atomic mass is 10.3. The maximum absolute atomic E-state index is 11.2. The quantitative estimate of drug-likeness (QED) is 0.527. The summed E-state index contributed by atoms with van der Waals surface area (Å²) < 4.78 is 23.8. The Morgan fingerprint density at radius 3 is 2.71 bits per heavy atom. The molecule has 1 saturated heterocycles. The zero-order valence-electron chi connectivity index (χ0n) is 8.60. The van der Waals surface area contributed by atoms with Gasteiger partial charge in [-0.3, -0.25) is 4.99 Å². The maximum atomic E-state index is 11.2. The summed E-state index contributed by atoms with van der Waals surface area (Å²) in [5.41, 5.74) is 5.59. The zero-order chi connectivity index (χ0) is 10.8.